The average molecular weight is 540 g/mol. The van der Waals surface area contributed by atoms with Gasteiger partial charge in [0.15, 0.2) is 0 Å². The number of carbonyl (C=O) groups excluding carboxylic acids is 1. The molecule has 1 aromatic rings. The molecule has 0 aromatic heterocycles. The lowest BCUT2D eigenvalue weighted by Gasteiger charge is -2.20. The molecule has 36 heavy (non-hydrogen) atoms. The average Bonchev–Trinajstić information content (AvgIpc) is 2.79. The van der Waals surface area contributed by atoms with E-state index >= 15 is 0 Å². The van der Waals surface area contributed by atoms with Crippen LogP contribution in [0.15, 0.2) is 29.2 Å². The van der Waals surface area contributed by atoms with E-state index in [2.05, 4.69) is 5.32 Å². The number of carboxylic acid groups (broad SMARTS) is 1. The fourth-order valence-corrected chi connectivity index (χ4v) is 2.55. The summed E-state index contributed by atoms with van der Waals surface area (Å²) < 4.78 is 55.1. The monoisotopic (exact) mass is 539 g/mol. The number of ether oxygens (including phenoxy) is 5. The first-order valence-electron chi connectivity index (χ1n) is 11.1. The second kappa shape index (κ2) is 18.9. The molecule has 0 atom stereocenters. The molecule has 0 aliphatic rings. The number of aryl methyl sites for hydroxylation is 1. The minimum absolute atomic E-state index is 0.000135. The summed E-state index contributed by atoms with van der Waals surface area (Å²) in [5, 5.41) is 19.7. The number of nitrogens with one attached hydrogen (secondary N) is 1. The quantitative estimate of drug-likeness (QED) is 0.162. The van der Waals surface area contributed by atoms with Crippen molar-refractivity contribution in [3.05, 3.63) is 29.8 Å². The fraction of sp³-hybridized carbons (Fsp3) is 0.636. The van der Waals surface area contributed by atoms with Gasteiger partial charge in [0.1, 0.15) is 0 Å². The predicted molar refractivity (Wildman–Crippen MR) is 128 cm³/mol. The van der Waals surface area contributed by atoms with Gasteiger partial charge in [0, 0.05) is 6.54 Å². The van der Waals surface area contributed by atoms with Crippen LogP contribution in [0.4, 0.5) is 4.79 Å². The van der Waals surface area contributed by atoms with Crippen LogP contribution in [0.25, 0.3) is 0 Å². The lowest BCUT2D eigenvalue weighted by molar-refractivity contribution is -0.154. The van der Waals surface area contributed by atoms with Crippen molar-refractivity contribution < 1.29 is 56.5 Å². The second-order valence-corrected chi connectivity index (χ2v) is 9.01. The Morgan fingerprint density at radius 1 is 0.861 bits per heavy atom. The van der Waals surface area contributed by atoms with Crippen molar-refractivity contribution in [2.24, 2.45) is 0 Å². The number of hydrogen-bond donors (Lipinski definition) is 4. The number of benzene rings is 1. The molecule has 0 saturated heterocycles. The molecule has 13 nitrogen and oxygen atoms in total. The molecule has 0 unspecified atom stereocenters. The minimum Gasteiger partial charge on any atom is -0.478 e. The van der Waals surface area contributed by atoms with Crippen LogP contribution in [0, 0.1) is 6.92 Å². The lowest BCUT2D eigenvalue weighted by Crippen LogP contribution is -2.41. The maximum atomic E-state index is 11.4. The van der Waals surface area contributed by atoms with Gasteiger partial charge in [-0.15, -0.1) is 0 Å². The molecular formula is C22H37NO12S. The Labute approximate surface area is 211 Å². The number of alkyl carbamates (subject to hydrolysis) is 1. The van der Waals surface area contributed by atoms with Crippen LogP contribution >= 0.6 is 0 Å². The van der Waals surface area contributed by atoms with E-state index in [-0.39, 0.29) is 24.7 Å². The molecule has 0 aliphatic heterocycles. The summed E-state index contributed by atoms with van der Waals surface area (Å²) in [7, 11) is -4.02. The van der Waals surface area contributed by atoms with Crippen molar-refractivity contribution in [2.45, 2.75) is 31.3 Å². The normalized spacial score (nSPS) is 11.4. The number of rotatable bonds is 17. The van der Waals surface area contributed by atoms with Crippen molar-refractivity contribution in [2.75, 3.05) is 66.0 Å². The molecule has 0 heterocycles. The second-order valence-electron chi connectivity index (χ2n) is 7.59. The van der Waals surface area contributed by atoms with Gasteiger partial charge in [0.2, 0.25) is 5.60 Å². The molecule has 0 aliphatic carbocycles. The summed E-state index contributed by atoms with van der Waals surface area (Å²) in [4.78, 5) is 22.1. The highest BCUT2D eigenvalue weighted by atomic mass is 32.2. The van der Waals surface area contributed by atoms with Crippen molar-refractivity contribution in [1.29, 1.82) is 0 Å². The number of amides is 1. The maximum absolute atomic E-state index is 11.4. The highest BCUT2D eigenvalue weighted by Gasteiger charge is 2.31. The predicted octanol–water partition coefficient (Wildman–Crippen LogP) is 0.876. The van der Waals surface area contributed by atoms with E-state index in [1.165, 1.54) is 26.0 Å². The molecule has 0 saturated carbocycles. The molecule has 14 heteroatoms. The summed E-state index contributed by atoms with van der Waals surface area (Å²) in [6.45, 7) is 7.67. The van der Waals surface area contributed by atoms with E-state index in [1.807, 2.05) is 6.92 Å². The molecule has 0 fully saturated rings. The zero-order chi connectivity index (χ0) is 27.5. The minimum atomic E-state index is -4.02. The van der Waals surface area contributed by atoms with E-state index in [1.54, 1.807) is 12.1 Å². The van der Waals surface area contributed by atoms with E-state index in [0.717, 1.165) is 5.56 Å². The zero-order valence-electron chi connectivity index (χ0n) is 20.8. The van der Waals surface area contributed by atoms with E-state index in [0.29, 0.717) is 46.2 Å². The molecule has 1 amide bonds. The summed E-state index contributed by atoms with van der Waals surface area (Å²) in [6, 6.07) is 5.99. The zero-order valence-corrected chi connectivity index (χ0v) is 21.6. The van der Waals surface area contributed by atoms with E-state index < -0.39 is 27.8 Å². The molecule has 1 aromatic carbocycles. The van der Waals surface area contributed by atoms with Crippen molar-refractivity contribution in [1.82, 2.24) is 5.32 Å². The van der Waals surface area contributed by atoms with Crippen LogP contribution in [0.3, 0.4) is 0 Å². The van der Waals surface area contributed by atoms with Crippen molar-refractivity contribution in [3.8, 4) is 0 Å². The number of carboxylic acids is 1. The first-order valence-corrected chi connectivity index (χ1v) is 12.5. The molecule has 1 rings (SSSR count). The van der Waals surface area contributed by atoms with Gasteiger partial charge in [-0.05, 0) is 32.9 Å². The lowest BCUT2D eigenvalue weighted by atomic mass is 10.1. The number of aliphatic hydroxyl groups is 1. The third kappa shape index (κ3) is 18.0. The number of carbonyl (C=O) groups is 2. The van der Waals surface area contributed by atoms with Crippen LogP contribution < -0.4 is 5.32 Å². The van der Waals surface area contributed by atoms with Crippen LogP contribution in [0.5, 0.6) is 0 Å². The molecule has 208 valence electrons. The van der Waals surface area contributed by atoms with Gasteiger partial charge < -0.3 is 39.2 Å². The molecular weight excluding hydrogens is 502 g/mol. The van der Waals surface area contributed by atoms with E-state index in [4.69, 9.17) is 38.5 Å². The van der Waals surface area contributed by atoms with Gasteiger partial charge in [0.25, 0.3) is 10.1 Å². The van der Waals surface area contributed by atoms with Crippen LogP contribution in [-0.2, 0) is 38.6 Å². The first kappa shape index (κ1) is 33.7. The standard InChI is InChI=1S/C15H29NO9.C7H8O3S/c1-15(2,13(18)19)25-14(20)16-3-5-21-7-9-23-11-12-24-10-8-22-6-4-17;1-6-2-4-7(5-3-6)11(8,9)10/h17H,3-12H2,1-2H3,(H,16,20)(H,18,19);2-5H,1H3,(H,8,9,10). The maximum Gasteiger partial charge on any atom is 0.408 e. The number of aliphatic carboxylic acids is 1. The molecule has 0 bridgehead atoms. The number of hydrogen-bond acceptors (Lipinski definition) is 10. The largest absolute Gasteiger partial charge is 0.478 e. The SMILES string of the molecule is CC(C)(OC(=O)NCCOCCOCCOCCOCCO)C(=O)O.Cc1ccc(S(=O)(=O)O)cc1. The Bertz CT molecular complexity index is 843. The fourth-order valence-electron chi connectivity index (χ4n) is 2.07. The van der Waals surface area contributed by atoms with Gasteiger partial charge in [-0.3, -0.25) is 4.55 Å². The van der Waals surface area contributed by atoms with Gasteiger partial charge in [0.05, 0.1) is 64.4 Å². The van der Waals surface area contributed by atoms with Gasteiger partial charge in [-0.2, -0.15) is 8.42 Å². The smallest absolute Gasteiger partial charge is 0.408 e. The van der Waals surface area contributed by atoms with Crippen LogP contribution in [-0.4, -0.2) is 107 Å². The van der Waals surface area contributed by atoms with E-state index in [9.17, 15) is 18.0 Å². The Kier molecular flexibility index (Phi) is 17.6. The van der Waals surface area contributed by atoms with Crippen LogP contribution in [0.2, 0.25) is 0 Å². The molecule has 0 radical (unpaired) electrons. The molecule has 4 N–H and O–H groups in total. The summed E-state index contributed by atoms with van der Waals surface area (Å²) in [6.07, 6.45) is -0.813. The highest BCUT2D eigenvalue weighted by molar-refractivity contribution is 7.85. The summed E-state index contributed by atoms with van der Waals surface area (Å²) in [5.41, 5.74) is -0.622. The summed E-state index contributed by atoms with van der Waals surface area (Å²) >= 11 is 0. The van der Waals surface area contributed by atoms with Crippen molar-refractivity contribution in [3.63, 3.8) is 0 Å². The topological polar surface area (TPSA) is 187 Å². The van der Waals surface area contributed by atoms with Gasteiger partial charge in [-0.1, -0.05) is 17.7 Å². The van der Waals surface area contributed by atoms with Gasteiger partial charge >= 0.3 is 12.1 Å². The van der Waals surface area contributed by atoms with Gasteiger partial charge in [-0.25, -0.2) is 9.59 Å². The first-order chi connectivity index (χ1) is 16.9. The molecule has 0 spiro atoms. The number of aliphatic hydroxyl groups excluding tert-OH is 1. The van der Waals surface area contributed by atoms with Crippen LogP contribution in [0.1, 0.15) is 19.4 Å². The Hall–Kier alpha value is -2.33. The Balaban J connectivity index is 0.000000918. The third-order valence-electron chi connectivity index (χ3n) is 4.05. The third-order valence-corrected chi connectivity index (χ3v) is 4.92. The Morgan fingerprint density at radius 2 is 1.31 bits per heavy atom. The highest BCUT2D eigenvalue weighted by Crippen LogP contribution is 2.09. The van der Waals surface area contributed by atoms with Crippen molar-refractivity contribution >= 4 is 22.2 Å². The Morgan fingerprint density at radius 3 is 1.72 bits per heavy atom. The summed E-state index contributed by atoms with van der Waals surface area (Å²) in [5.74, 6) is -1.22.